The number of carbonyl (C=O) groups excluding carboxylic acids is 1. The number of nitrogens with one attached hydrogen (secondary N) is 3. The van der Waals surface area contributed by atoms with Crippen LogP contribution in [0.4, 0.5) is 10.5 Å². The van der Waals surface area contributed by atoms with Crippen molar-refractivity contribution in [3.05, 3.63) is 29.8 Å². The Hall–Kier alpha value is -1.60. The number of nitrogens with zero attached hydrogens (tertiary/aromatic N) is 1. The van der Waals surface area contributed by atoms with Gasteiger partial charge >= 0.3 is 6.09 Å². The summed E-state index contributed by atoms with van der Waals surface area (Å²) >= 11 is 0. The average molecular weight is 541 g/mol. The lowest BCUT2D eigenvalue weighted by molar-refractivity contribution is 0.0636. The molecule has 0 spiro atoms. The molecule has 0 bridgehead atoms. The number of guanidine groups is 1. The number of halogens is 1. The van der Waals surface area contributed by atoms with Crippen molar-refractivity contribution in [2.24, 2.45) is 10.1 Å². The fraction of sp³-hybridized carbons (Fsp3) is 0.556. The topological polar surface area (TPSA) is 135 Å². The number of sulfonamides is 1. The van der Waals surface area contributed by atoms with E-state index in [1.165, 1.54) is 0 Å². The number of carbonyl (C=O) groups is 1. The summed E-state index contributed by atoms with van der Waals surface area (Å²) in [6, 6.07) is 7.45. The first-order valence-electron chi connectivity index (χ1n) is 9.10. The van der Waals surface area contributed by atoms with Gasteiger partial charge in [0.25, 0.3) is 0 Å². The van der Waals surface area contributed by atoms with E-state index in [2.05, 4.69) is 20.9 Å². The minimum Gasteiger partial charge on any atom is -0.444 e. The molecule has 1 aromatic carbocycles. The standard InChI is InChI=1S/C18H31N5O4S.HI/c1-5-20-16(22-12-13-28(19,25)26)21-11-10-14-6-8-15(9-7-14)23-17(24)27-18(2,3)4;/h6-9H,5,10-13H2,1-4H3,(H,23,24)(H2,19,25,26)(H2,20,21,22);1H. The lowest BCUT2D eigenvalue weighted by atomic mass is 10.1. The second-order valence-electron chi connectivity index (χ2n) is 7.13. The van der Waals surface area contributed by atoms with Gasteiger partial charge in [-0.15, -0.1) is 24.0 Å². The Morgan fingerprint density at radius 2 is 1.79 bits per heavy atom. The third-order valence-corrected chi connectivity index (χ3v) is 4.05. The van der Waals surface area contributed by atoms with Gasteiger partial charge in [-0.1, -0.05) is 12.1 Å². The predicted molar refractivity (Wildman–Crippen MR) is 127 cm³/mol. The third-order valence-electron chi connectivity index (χ3n) is 3.30. The Morgan fingerprint density at radius 3 is 2.31 bits per heavy atom. The molecule has 0 aliphatic rings. The maximum absolute atomic E-state index is 11.8. The Kier molecular flexibility index (Phi) is 12.1. The van der Waals surface area contributed by atoms with Crippen molar-refractivity contribution in [3.8, 4) is 0 Å². The summed E-state index contributed by atoms with van der Waals surface area (Å²) in [5.74, 6) is 0.338. The van der Waals surface area contributed by atoms with Crippen LogP contribution in [0.1, 0.15) is 33.3 Å². The zero-order valence-electron chi connectivity index (χ0n) is 17.3. The van der Waals surface area contributed by atoms with Crippen LogP contribution in [0.3, 0.4) is 0 Å². The van der Waals surface area contributed by atoms with Gasteiger partial charge in [-0.25, -0.2) is 18.4 Å². The van der Waals surface area contributed by atoms with Gasteiger partial charge < -0.3 is 15.4 Å². The molecule has 9 nitrogen and oxygen atoms in total. The third kappa shape index (κ3) is 14.1. The van der Waals surface area contributed by atoms with Crippen LogP contribution >= 0.6 is 24.0 Å². The number of amides is 1. The summed E-state index contributed by atoms with van der Waals surface area (Å²) in [6.07, 6.45) is 0.236. The number of hydrogen-bond donors (Lipinski definition) is 4. The molecule has 29 heavy (non-hydrogen) atoms. The SMILES string of the molecule is CCNC(=NCCS(N)(=O)=O)NCCc1ccc(NC(=O)OC(C)(C)C)cc1.I. The average Bonchev–Trinajstić information content (AvgIpc) is 2.53. The van der Waals surface area contributed by atoms with Crippen LogP contribution in [-0.4, -0.2) is 51.5 Å². The van der Waals surface area contributed by atoms with Crippen LogP contribution < -0.4 is 21.1 Å². The van der Waals surface area contributed by atoms with Crippen molar-refractivity contribution in [1.82, 2.24) is 10.6 Å². The largest absolute Gasteiger partial charge is 0.444 e. The summed E-state index contributed by atoms with van der Waals surface area (Å²) < 4.78 is 27.1. The highest BCUT2D eigenvalue weighted by Crippen LogP contribution is 2.13. The van der Waals surface area contributed by atoms with E-state index in [-0.39, 0.29) is 36.3 Å². The summed E-state index contributed by atoms with van der Waals surface area (Å²) in [6.45, 7) is 8.71. The first-order chi connectivity index (χ1) is 13.0. The van der Waals surface area contributed by atoms with Gasteiger partial charge in [-0.05, 0) is 51.8 Å². The number of rotatable bonds is 8. The molecule has 166 valence electrons. The van der Waals surface area contributed by atoms with Crippen LogP contribution in [0.25, 0.3) is 0 Å². The zero-order valence-corrected chi connectivity index (χ0v) is 20.5. The molecule has 1 rings (SSSR count). The Bertz CT molecular complexity index is 761. The molecule has 5 N–H and O–H groups in total. The predicted octanol–water partition coefficient (Wildman–Crippen LogP) is 2.04. The van der Waals surface area contributed by atoms with Crippen molar-refractivity contribution in [1.29, 1.82) is 0 Å². The molecule has 0 aliphatic heterocycles. The van der Waals surface area contributed by atoms with Crippen molar-refractivity contribution in [2.45, 2.75) is 39.7 Å². The van der Waals surface area contributed by atoms with Gasteiger partial charge in [-0.2, -0.15) is 0 Å². The van der Waals surface area contributed by atoms with E-state index in [9.17, 15) is 13.2 Å². The van der Waals surface area contributed by atoms with E-state index in [4.69, 9.17) is 9.88 Å². The summed E-state index contributed by atoms with van der Waals surface area (Å²) in [5.41, 5.74) is 1.18. The molecule has 1 amide bonds. The highest BCUT2D eigenvalue weighted by atomic mass is 127. The normalized spacial score (nSPS) is 12.0. The fourth-order valence-corrected chi connectivity index (χ4v) is 2.47. The number of anilines is 1. The number of aliphatic imine (C=N–C) groups is 1. The van der Waals surface area contributed by atoms with Crippen molar-refractivity contribution >= 4 is 51.7 Å². The van der Waals surface area contributed by atoms with E-state index in [1.54, 1.807) is 0 Å². The monoisotopic (exact) mass is 541 g/mol. The van der Waals surface area contributed by atoms with E-state index < -0.39 is 21.7 Å². The lowest BCUT2D eigenvalue weighted by Crippen LogP contribution is -2.38. The molecule has 0 aromatic heterocycles. The Balaban J connectivity index is 0.00000784. The fourth-order valence-electron chi connectivity index (χ4n) is 2.13. The van der Waals surface area contributed by atoms with Gasteiger partial charge in [-0.3, -0.25) is 10.3 Å². The summed E-state index contributed by atoms with van der Waals surface area (Å²) in [5, 5.41) is 13.8. The molecular formula is C18H32IN5O4S. The smallest absolute Gasteiger partial charge is 0.412 e. The van der Waals surface area contributed by atoms with E-state index in [1.807, 2.05) is 52.0 Å². The number of ether oxygens (including phenoxy) is 1. The lowest BCUT2D eigenvalue weighted by Gasteiger charge is -2.19. The van der Waals surface area contributed by atoms with Gasteiger partial charge in [0.2, 0.25) is 10.0 Å². The number of primary sulfonamides is 1. The molecule has 0 heterocycles. The van der Waals surface area contributed by atoms with Gasteiger partial charge in [0.05, 0.1) is 12.3 Å². The van der Waals surface area contributed by atoms with E-state index in [0.717, 1.165) is 12.0 Å². The molecule has 1 aromatic rings. The maximum atomic E-state index is 11.8. The molecule has 0 fully saturated rings. The van der Waals surface area contributed by atoms with Crippen LogP contribution in [0.2, 0.25) is 0 Å². The molecule has 0 atom stereocenters. The van der Waals surface area contributed by atoms with Crippen molar-refractivity contribution in [3.63, 3.8) is 0 Å². The minimum absolute atomic E-state index is 0. The zero-order chi connectivity index (χ0) is 21.2. The van der Waals surface area contributed by atoms with Crippen LogP contribution in [0.5, 0.6) is 0 Å². The van der Waals surface area contributed by atoms with E-state index in [0.29, 0.717) is 24.7 Å². The summed E-state index contributed by atoms with van der Waals surface area (Å²) in [7, 11) is -3.52. The Labute approximate surface area is 190 Å². The molecule has 0 saturated heterocycles. The van der Waals surface area contributed by atoms with Gasteiger partial charge in [0, 0.05) is 18.8 Å². The van der Waals surface area contributed by atoms with Crippen molar-refractivity contribution in [2.75, 3.05) is 30.7 Å². The molecule has 0 radical (unpaired) electrons. The Morgan fingerprint density at radius 1 is 1.17 bits per heavy atom. The maximum Gasteiger partial charge on any atom is 0.412 e. The number of hydrogen-bond acceptors (Lipinski definition) is 5. The number of benzene rings is 1. The van der Waals surface area contributed by atoms with Crippen LogP contribution in [0.15, 0.2) is 29.3 Å². The molecule has 11 heteroatoms. The first kappa shape index (κ1) is 27.4. The van der Waals surface area contributed by atoms with Crippen LogP contribution in [-0.2, 0) is 21.2 Å². The highest BCUT2D eigenvalue weighted by molar-refractivity contribution is 14.0. The van der Waals surface area contributed by atoms with Crippen molar-refractivity contribution < 1.29 is 17.9 Å². The van der Waals surface area contributed by atoms with Crippen LogP contribution in [0, 0.1) is 0 Å². The van der Waals surface area contributed by atoms with Gasteiger partial charge in [0.1, 0.15) is 5.60 Å². The first-order valence-corrected chi connectivity index (χ1v) is 10.8. The molecule has 0 unspecified atom stereocenters. The highest BCUT2D eigenvalue weighted by Gasteiger charge is 2.16. The minimum atomic E-state index is -3.52. The molecule has 0 saturated carbocycles. The van der Waals surface area contributed by atoms with E-state index >= 15 is 0 Å². The molecular weight excluding hydrogens is 509 g/mol. The number of nitrogens with two attached hydrogens (primary N) is 1. The summed E-state index contributed by atoms with van der Waals surface area (Å²) in [4.78, 5) is 15.9. The second-order valence-corrected chi connectivity index (χ2v) is 8.86. The quantitative estimate of drug-likeness (QED) is 0.226. The second kappa shape index (κ2) is 12.9. The van der Waals surface area contributed by atoms with Gasteiger partial charge in [0.15, 0.2) is 5.96 Å². The molecule has 0 aliphatic carbocycles.